The van der Waals surface area contributed by atoms with Crippen molar-refractivity contribution in [2.45, 2.75) is 56.3 Å². The number of likely N-dealkylation sites (tertiary alicyclic amines) is 1. The molecule has 0 atom stereocenters. The number of piperidine rings is 1. The van der Waals surface area contributed by atoms with E-state index in [1.807, 2.05) is 4.90 Å². The summed E-state index contributed by atoms with van der Waals surface area (Å²) in [6.45, 7) is 2.42. The van der Waals surface area contributed by atoms with Gasteiger partial charge < -0.3 is 10.2 Å². The summed E-state index contributed by atoms with van der Waals surface area (Å²) < 4.78 is 27.7. The number of carbonyl (C=O) groups is 2. The molecule has 1 N–H and O–H groups in total. The van der Waals surface area contributed by atoms with Crippen LogP contribution in [0.15, 0.2) is 23.1 Å². The van der Waals surface area contributed by atoms with Crippen molar-refractivity contribution in [3.63, 3.8) is 0 Å². The average molecular weight is 420 g/mol. The molecule has 3 aliphatic rings. The van der Waals surface area contributed by atoms with Gasteiger partial charge in [0.15, 0.2) is 0 Å². The molecular formula is C21H29N3O4S. The lowest BCUT2D eigenvalue weighted by Gasteiger charge is -2.33. The zero-order chi connectivity index (χ0) is 20.4. The third-order valence-corrected chi connectivity index (χ3v) is 8.23. The Morgan fingerprint density at radius 3 is 2.34 bits per heavy atom. The van der Waals surface area contributed by atoms with Crippen molar-refractivity contribution in [2.24, 2.45) is 5.92 Å². The Hall–Kier alpha value is -1.93. The first-order valence-corrected chi connectivity index (χ1v) is 12.1. The zero-order valence-electron chi connectivity index (χ0n) is 16.7. The predicted octanol–water partition coefficient (Wildman–Crippen LogP) is 2.37. The second-order valence-corrected chi connectivity index (χ2v) is 10.2. The molecule has 4 rings (SSSR count). The molecule has 0 saturated carbocycles. The Morgan fingerprint density at radius 2 is 1.66 bits per heavy atom. The van der Waals surface area contributed by atoms with Crippen LogP contribution in [0.25, 0.3) is 0 Å². The highest BCUT2D eigenvalue weighted by molar-refractivity contribution is 7.89. The molecule has 0 aliphatic carbocycles. The number of fused-ring (bicyclic) bond motifs is 1. The van der Waals surface area contributed by atoms with Crippen LogP contribution in [0.3, 0.4) is 0 Å². The first-order chi connectivity index (χ1) is 13.9. The number of hydrogen-bond acceptors (Lipinski definition) is 4. The molecule has 0 unspecified atom stereocenters. The third-order valence-electron chi connectivity index (χ3n) is 6.33. The van der Waals surface area contributed by atoms with Crippen LogP contribution in [0.4, 0.5) is 5.69 Å². The molecule has 0 spiro atoms. The highest BCUT2D eigenvalue weighted by Crippen LogP contribution is 2.29. The first kappa shape index (κ1) is 20.3. The van der Waals surface area contributed by atoms with Crippen LogP contribution in [0.5, 0.6) is 0 Å². The van der Waals surface area contributed by atoms with Crippen LogP contribution in [0, 0.1) is 5.92 Å². The molecule has 3 aliphatic heterocycles. The van der Waals surface area contributed by atoms with Crippen molar-refractivity contribution in [1.29, 1.82) is 0 Å². The highest BCUT2D eigenvalue weighted by Gasteiger charge is 2.34. The molecule has 2 fully saturated rings. The summed E-state index contributed by atoms with van der Waals surface area (Å²) in [5.74, 6) is 0.0935. The average Bonchev–Trinajstić information content (AvgIpc) is 3.02. The molecule has 29 heavy (non-hydrogen) atoms. The van der Waals surface area contributed by atoms with E-state index in [0.29, 0.717) is 44.5 Å². The third kappa shape index (κ3) is 4.33. The number of aryl methyl sites for hydroxylation is 1. The highest BCUT2D eigenvalue weighted by atomic mass is 32.2. The fourth-order valence-electron chi connectivity index (χ4n) is 4.56. The number of hydrogen-bond donors (Lipinski definition) is 1. The summed E-state index contributed by atoms with van der Waals surface area (Å²) in [6, 6.07) is 4.92. The van der Waals surface area contributed by atoms with E-state index in [1.165, 1.54) is 17.1 Å². The van der Waals surface area contributed by atoms with Crippen molar-refractivity contribution < 1.29 is 18.0 Å². The predicted molar refractivity (Wildman–Crippen MR) is 110 cm³/mol. The van der Waals surface area contributed by atoms with Gasteiger partial charge in [-0.15, -0.1) is 0 Å². The fourth-order valence-corrected chi connectivity index (χ4v) is 6.08. The van der Waals surface area contributed by atoms with Crippen LogP contribution in [-0.4, -0.2) is 55.6 Å². The molecule has 1 aromatic carbocycles. The van der Waals surface area contributed by atoms with Crippen LogP contribution in [0.1, 0.15) is 50.5 Å². The first-order valence-electron chi connectivity index (χ1n) is 10.7. The van der Waals surface area contributed by atoms with Crippen molar-refractivity contribution in [2.75, 3.05) is 31.5 Å². The smallest absolute Gasteiger partial charge is 0.243 e. The maximum absolute atomic E-state index is 13.1. The minimum Gasteiger partial charge on any atom is -0.342 e. The van der Waals surface area contributed by atoms with Crippen molar-refractivity contribution in [3.05, 3.63) is 23.8 Å². The van der Waals surface area contributed by atoms with Gasteiger partial charge in [-0.05, 0) is 55.9 Å². The standard InChI is InChI=1S/C21H29N3O4S/c25-20-8-5-17-15-18(6-7-19(17)22-20)29(27,28)24-13-9-16(10-14-24)21(26)23-11-3-1-2-4-12-23/h6-7,15-16H,1-5,8-14H2,(H,22,25). The minimum atomic E-state index is -3.59. The summed E-state index contributed by atoms with van der Waals surface area (Å²) in [4.78, 5) is 26.6. The van der Waals surface area contributed by atoms with Gasteiger partial charge in [0.05, 0.1) is 4.90 Å². The summed E-state index contributed by atoms with van der Waals surface area (Å²) in [6.07, 6.45) is 6.59. The summed E-state index contributed by atoms with van der Waals surface area (Å²) in [5.41, 5.74) is 1.55. The van der Waals surface area contributed by atoms with E-state index in [-0.39, 0.29) is 22.6 Å². The van der Waals surface area contributed by atoms with E-state index in [1.54, 1.807) is 18.2 Å². The van der Waals surface area contributed by atoms with E-state index >= 15 is 0 Å². The van der Waals surface area contributed by atoms with Crippen molar-refractivity contribution in [3.8, 4) is 0 Å². The maximum Gasteiger partial charge on any atom is 0.243 e. The Kier molecular flexibility index (Phi) is 5.92. The van der Waals surface area contributed by atoms with Gasteiger partial charge in [0.25, 0.3) is 0 Å². The zero-order valence-corrected chi connectivity index (χ0v) is 17.5. The van der Waals surface area contributed by atoms with Gasteiger partial charge in [0.2, 0.25) is 21.8 Å². The number of nitrogens with one attached hydrogen (secondary N) is 1. The molecule has 7 nitrogen and oxygen atoms in total. The molecule has 0 aromatic heterocycles. The topological polar surface area (TPSA) is 86.8 Å². The van der Waals surface area contributed by atoms with Crippen LogP contribution >= 0.6 is 0 Å². The van der Waals surface area contributed by atoms with E-state index < -0.39 is 10.0 Å². The molecule has 0 radical (unpaired) electrons. The Labute approximate surface area is 172 Å². The van der Waals surface area contributed by atoms with Gasteiger partial charge in [-0.2, -0.15) is 4.31 Å². The maximum atomic E-state index is 13.1. The summed E-state index contributed by atoms with van der Waals surface area (Å²) >= 11 is 0. The normalized spacial score (nSPS) is 21.9. The van der Waals surface area contributed by atoms with Crippen molar-refractivity contribution in [1.82, 2.24) is 9.21 Å². The molecule has 0 bridgehead atoms. The van der Waals surface area contributed by atoms with Crippen LogP contribution in [0.2, 0.25) is 0 Å². The number of benzene rings is 1. The van der Waals surface area contributed by atoms with Gasteiger partial charge in [-0.25, -0.2) is 8.42 Å². The number of sulfonamides is 1. The van der Waals surface area contributed by atoms with Crippen molar-refractivity contribution >= 4 is 27.5 Å². The SMILES string of the molecule is O=C1CCc2cc(S(=O)(=O)N3CCC(C(=O)N4CCCCCC4)CC3)ccc2N1. The number of rotatable bonds is 3. The summed E-state index contributed by atoms with van der Waals surface area (Å²) in [7, 11) is -3.59. The van der Waals surface area contributed by atoms with E-state index in [2.05, 4.69) is 5.32 Å². The lowest BCUT2D eigenvalue weighted by atomic mass is 9.96. The van der Waals surface area contributed by atoms with Gasteiger partial charge in [0.1, 0.15) is 0 Å². The van der Waals surface area contributed by atoms with Crippen LogP contribution < -0.4 is 5.32 Å². The summed E-state index contributed by atoms with van der Waals surface area (Å²) in [5, 5.41) is 2.78. The van der Waals surface area contributed by atoms with E-state index in [0.717, 1.165) is 31.5 Å². The quantitative estimate of drug-likeness (QED) is 0.815. The molecule has 1 aromatic rings. The van der Waals surface area contributed by atoms with Gasteiger partial charge in [-0.3, -0.25) is 9.59 Å². The number of nitrogens with zero attached hydrogens (tertiary/aromatic N) is 2. The lowest BCUT2D eigenvalue weighted by Crippen LogP contribution is -2.44. The van der Waals surface area contributed by atoms with E-state index in [4.69, 9.17) is 0 Å². The molecule has 8 heteroatoms. The second-order valence-electron chi connectivity index (χ2n) is 8.28. The number of carbonyl (C=O) groups excluding carboxylic acids is 2. The Morgan fingerprint density at radius 1 is 0.966 bits per heavy atom. The fraction of sp³-hybridized carbons (Fsp3) is 0.619. The second kappa shape index (κ2) is 8.44. The van der Waals surface area contributed by atoms with Crippen LogP contribution in [-0.2, 0) is 26.0 Å². The number of anilines is 1. The number of amides is 2. The van der Waals surface area contributed by atoms with Gasteiger partial charge in [0, 0.05) is 44.2 Å². The van der Waals surface area contributed by atoms with Gasteiger partial charge in [-0.1, -0.05) is 12.8 Å². The Bertz CT molecular complexity index is 883. The molecule has 3 heterocycles. The minimum absolute atomic E-state index is 0.0377. The van der Waals surface area contributed by atoms with E-state index in [9.17, 15) is 18.0 Å². The Balaban J connectivity index is 1.41. The van der Waals surface area contributed by atoms with Gasteiger partial charge >= 0.3 is 0 Å². The molecule has 2 amide bonds. The monoisotopic (exact) mass is 419 g/mol. The lowest BCUT2D eigenvalue weighted by molar-refractivity contribution is -0.136. The molecule has 158 valence electrons. The molecule has 2 saturated heterocycles. The molecular weight excluding hydrogens is 390 g/mol. The largest absolute Gasteiger partial charge is 0.342 e.